The SMILES string of the molecule is CCCCCCCCCCOCC(=O)C1C(=O)N(C(=O)Nc2ccc(OC)cc2)c2ccccc21. The van der Waals surface area contributed by atoms with Gasteiger partial charge in [-0.2, -0.15) is 0 Å². The number of nitrogens with one attached hydrogen (secondary N) is 1. The quantitative estimate of drug-likeness (QED) is 0.261. The number of unbranched alkanes of at least 4 members (excludes halogenated alkanes) is 7. The van der Waals surface area contributed by atoms with Gasteiger partial charge >= 0.3 is 6.03 Å². The lowest BCUT2D eigenvalue weighted by Gasteiger charge is -2.17. The van der Waals surface area contributed by atoms with E-state index in [0.717, 1.165) is 17.7 Å². The van der Waals surface area contributed by atoms with Gasteiger partial charge in [0.25, 0.3) is 0 Å². The second-order valence-corrected chi connectivity index (χ2v) is 8.82. The number of anilines is 2. The number of hydrogen-bond acceptors (Lipinski definition) is 5. The van der Waals surface area contributed by atoms with Gasteiger partial charge in [-0.15, -0.1) is 0 Å². The largest absolute Gasteiger partial charge is 0.497 e. The van der Waals surface area contributed by atoms with Crippen LogP contribution in [0, 0.1) is 0 Å². The number of ether oxygens (including phenoxy) is 2. The Kier molecular flexibility index (Phi) is 10.3. The molecule has 7 heteroatoms. The Morgan fingerprint density at radius 2 is 1.57 bits per heavy atom. The maximum atomic E-state index is 13.2. The molecule has 1 unspecified atom stereocenters. The van der Waals surface area contributed by atoms with Crippen molar-refractivity contribution in [3.63, 3.8) is 0 Å². The summed E-state index contributed by atoms with van der Waals surface area (Å²) in [6, 6.07) is 13.1. The number of ketones is 1. The molecular formula is C28H36N2O5. The number of methoxy groups -OCH3 is 1. The number of nitrogens with zero attached hydrogens (tertiary/aromatic N) is 1. The third-order valence-electron chi connectivity index (χ3n) is 6.21. The van der Waals surface area contributed by atoms with Crippen LogP contribution < -0.4 is 15.0 Å². The Balaban J connectivity index is 1.52. The average Bonchev–Trinajstić information content (AvgIpc) is 3.17. The molecule has 1 aliphatic heterocycles. The van der Waals surface area contributed by atoms with Gasteiger partial charge in [0.2, 0.25) is 5.91 Å². The Hall–Kier alpha value is -3.19. The highest BCUT2D eigenvalue weighted by atomic mass is 16.5. The van der Waals surface area contributed by atoms with Crippen molar-refractivity contribution in [2.75, 3.05) is 30.5 Å². The zero-order valence-electron chi connectivity index (χ0n) is 20.8. The highest BCUT2D eigenvalue weighted by Crippen LogP contribution is 2.38. The van der Waals surface area contributed by atoms with Crippen molar-refractivity contribution in [1.29, 1.82) is 0 Å². The zero-order valence-corrected chi connectivity index (χ0v) is 20.8. The molecule has 1 atom stereocenters. The van der Waals surface area contributed by atoms with E-state index in [2.05, 4.69) is 12.2 Å². The van der Waals surface area contributed by atoms with Crippen LogP contribution >= 0.6 is 0 Å². The molecule has 0 spiro atoms. The maximum Gasteiger partial charge on any atom is 0.333 e. The Morgan fingerprint density at radius 3 is 2.26 bits per heavy atom. The normalized spacial score (nSPS) is 14.6. The minimum absolute atomic E-state index is 0.144. The fraction of sp³-hybridized carbons (Fsp3) is 0.464. The molecule has 3 amide bonds. The molecule has 1 heterocycles. The summed E-state index contributed by atoms with van der Waals surface area (Å²) in [5, 5.41) is 2.72. The van der Waals surface area contributed by atoms with Crippen molar-refractivity contribution in [3.05, 3.63) is 54.1 Å². The van der Waals surface area contributed by atoms with E-state index >= 15 is 0 Å². The number of rotatable bonds is 14. The minimum atomic E-state index is -1.04. The van der Waals surface area contributed by atoms with Crippen molar-refractivity contribution in [2.45, 2.75) is 64.2 Å². The number of urea groups is 1. The van der Waals surface area contributed by atoms with E-state index in [-0.39, 0.29) is 12.4 Å². The molecule has 2 aromatic carbocycles. The van der Waals surface area contributed by atoms with E-state index in [9.17, 15) is 14.4 Å². The molecule has 0 aromatic heterocycles. The van der Waals surface area contributed by atoms with E-state index in [1.807, 2.05) is 0 Å². The van der Waals surface area contributed by atoms with Gasteiger partial charge in [-0.25, -0.2) is 9.69 Å². The molecule has 0 fully saturated rings. The van der Waals surface area contributed by atoms with Gasteiger partial charge in [0.05, 0.1) is 12.8 Å². The van der Waals surface area contributed by atoms with Crippen molar-refractivity contribution < 1.29 is 23.9 Å². The zero-order chi connectivity index (χ0) is 25.0. The molecule has 0 bridgehead atoms. The Morgan fingerprint density at radius 1 is 0.914 bits per heavy atom. The standard InChI is InChI=1S/C28H36N2O5/c1-3-4-5-6-7-8-9-12-19-35-20-25(31)26-23-13-10-11-14-24(23)30(27(26)32)28(33)29-21-15-17-22(34-2)18-16-21/h10-11,13-18,26H,3-9,12,19-20H2,1-2H3,(H,29,33). The first-order valence-electron chi connectivity index (χ1n) is 12.5. The average molecular weight is 481 g/mol. The van der Waals surface area contributed by atoms with Crippen LogP contribution in [-0.2, 0) is 14.3 Å². The molecule has 0 radical (unpaired) electrons. The minimum Gasteiger partial charge on any atom is -0.497 e. The molecule has 1 aliphatic rings. The fourth-order valence-electron chi connectivity index (χ4n) is 4.28. The molecule has 2 aromatic rings. The number of carbonyl (C=O) groups excluding carboxylic acids is 3. The Labute approximate surface area is 207 Å². The highest BCUT2D eigenvalue weighted by molar-refractivity contribution is 6.29. The summed E-state index contributed by atoms with van der Waals surface area (Å²) >= 11 is 0. The predicted molar refractivity (Wildman–Crippen MR) is 137 cm³/mol. The van der Waals surface area contributed by atoms with E-state index in [0.29, 0.717) is 29.3 Å². The second kappa shape index (κ2) is 13.6. The summed E-state index contributed by atoms with van der Waals surface area (Å²) < 4.78 is 10.7. The first-order valence-corrected chi connectivity index (χ1v) is 12.5. The van der Waals surface area contributed by atoms with Crippen LogP contribution in [0.5, 0.6) is 5.75 Å². The molecule has 188 valence electrons. The summed E-state index contributed by atoms with van der Waals surface area (Å²) in [7, 11) is 1.56. The summed E-state index contributed by atoms with van der Waals surface area (Å²) in [6.07, 6.45) is 9.51. The van der Waals surface area contributed by atoms with Gasteiger partial charge < -0.3 is 14.8 Å². The summed E-state index contributed by atoms with van der Waals surface area (Å²) in [4.78, 5) is 40.1. The van der Waals surface area contributed by atoms with Crippen molar-refractivity contribution in [3.8, 4) is 5.75 Å². The number of imide groups is 1. The fourth-order valence-corrected chi connectivity index (χ4v) is 4.28. The monoisotopic (exact) mass is 480 g/mol. The third-order valence-corrected chi connectivity index (χ3v) is 6.21. The van der Waals surface area contributed by atoms with Gasteiger partial charge in [-0.05, 0) is 42.3 Å². The molecular weight excluding hydrogens is 444 g/mol. The second-order valence-electron chi connectivity index (χ2n) is 8.82. The molecule has 0 aliphatic carbocycles. The smallest absolute Gasteiger partial charge is 0.333 e. The summed E-state index contributed by atoms with van der Waals surface area (Å²) in [5.74, 6) is -1.27. The summed E-state index contributed by atoms with van der Waals surface area (Å²) in [6.45, 7) is 2.56. The molecule has 3 rings (SSSR count). The molecule has 7 nitrogen and oxygen atoms in total. The number of para-hydroxylation sites is 1. The van der Waals surface area contributed by atoms with Crippen LogP contribution in [0.3, 0.4) is 0 Å². The first-order chi connectivity index (χ1) is 17.1. The van der Waals surface area contributed by atoms with Gasteiger partial charge in [0.1, 0.15) is 18.3 Å². The number of amides is 3. The molecule has 0 saturated carbocycles. The molecule has 0 saturated heterocycles. The van der Waals surface area contributed by atoms with Gasteiger partial charge in [0.15, 0.2) is 5.78 Å². The van der Waals surface area contributed by atoms with Crippen LogP contribution in [0.25, 0.3) is 0 Å². The van der Waals surface area contributed by atoms with Crippen molar-refractivity contribution in [2.24, 2.45) is 0 Å². The van der Waals surface area contributed by atoms with E-state index in [4.69, 9.17) is 9.47 Å². The lowest BCUT2D eigenvalue weighted by molar-refractivity contribution is -0.130. The number of carbonyl (C=O) groups is 3. The summed E-state index contributed by atoms with van der Waals surface area (Å²) in [5.41, 5.74) is 1.47. The number of Topliss-reactive ketones (excluding diaryl/α,β-unsaturated/α-hetero) is 1. The van der Waals surface area contributed by atoms with Crippen LogP contribution in [-0.4, -0.2) is 38.0 Å². The van der Waals surface area contributed by atoms with E-state index in [1.54, 1.807) is 55.6 Å². The Bertz CT molecular complexity index is 989. The lowest BCUT2D eigenvalue weighted by Crippen LogP contribution is -2.40. The van der Waals surface area contributed by atoms with Gasteiger partial charge in [0, 0.05) is 12.3 Å². The van der Waals surface area contributed by atoms with Crippen molar-refractivity contribution >= 4 is 29.1 Å². The predicted octanol–water partition coefficient (Wildman–Crippen LogP) is 6.08. The topological polar surface area (TPSA) is 84.9 Å². The van der Waals surface area contributed by atoms with Crippen LogP contribution in [0.4, 0.5) is 16.2 Å². The third kappa shape index (κ3) is 7.15. The maximum absolute atomic E-state index is 13.2. The van der Waals surface area contributed by atoms with E-state index in [1.165, 1.54) is 38.5 Å². The lowest BCUT2D eigenvalue weighted by atomic mass is 9.96. The molecule has 1 N–H and O–H groups in total. The highest BCUT2D eigenvalue weighted by Gasteiger charge is 2.44. The van der Waals surface area contributed by atoms with Gasteiger partial charge in [-0.3, -0.25) is 9.59 Å². The van der Waals surface area contributed by atoms with Crippen LogP contribution in [0.1, 0.15) is 69.8 Å². The molecule has 35 heavy (non-hydrogen) atoms. The van der Waals surface area contributed by atoms with Crippen LogP contribution in [0.15, 0.2) is 48.5 Å². The van der Waals surface area contributed by atoms with Crippen LogP contribution in [0.2, 0.25) is 0 Å². The van der Waals surface area contributed by atoms with Crippen molar-refractivity contribution in [1.82, 2.24) is 0 Å². The van der Waals surface area contributed by atoms with E-state index < -0.39 is 17.9 Å². The number of hydrogen-bond donors (Lipinski definition) is 1. The van der Waals surface area contributed by atoms with Gasteiger partial charge in [-0.1, -0.05) is 70.1 Å². The first kappa shape index (κ1) is 26.4. The number of fused-ring (bicyclic) bond motifs is 1. The number of benzene rings is 2.